The molecule has 0 radical (unpaired) electrons. The van der Waals surface area contributed by atoms with Crippen molar-refractivity contribution in [3.05, 3.63) is 88.0 Å². The van der Waals surface area contributed by atoms with Gasteiger partial charge in [0.15, 0.2) is 0 Å². The van der Waals surface area contributed by atoms with E-state index in [1.807, 2.05) is 24.3 Å². The number of aryl methyl sites for hydroxylation is 1. The van der Waals surface area contributed by atoms with Crippen molar-refractivity contribution < 1.29 is 9.18 Å². The number of hydrogen-bond acceptors (Lipinski definition) is 4. The quantitative estimate of drug-likeness (QED) is 0.627. The van der Waals surface area contributed by atoms with Crippen LogP contribution in [0.2, 0.25) is 5.02 Å². The molecule has 3 rings (SSSR count). The minimum atomic E-state index is -0.304. The maximum Gasteiger partial charge on any atom is 0.270 e. The van der Waals surface area contributed by atoms with Crippen LogP contribution < -0.4 is 10.6 Å². The van der Waals surface area contributed by atoms with E-state index >= 15 is 0 Å². The SMILES string of the molecule is Cc1cc(C(=O)NCCc2cccc(Cl)c2)nc(NCc2ccccc2F)n1. The van der Waals surface area contributed by atoms with E-state index in [9.17, 15) is 9.18 Å². The number of benzene rings is 2. The Hall–Kier alpha value is -2.99. The van der Waals surface area contributed by atoms with Crippen LogP contribution in [0.1, 0.15) is 27.3 Å². The van der Waals surface area contributed by atoms with Gasteiger partial charge in [0.2, 0.25) is 5.95 Å². The van der Waals surface area contributed by atoms with Crippen LogP contribution in [0.3, 0.4) is 0 Å². The largest absolute Gasteiger partial charge is 0.350 e. The van der Waals surface area contributed by atoms with Crippen molar-refractivity contribution in [2.45, 2.75) is 19.9 Å². The first-order valence-electron chi connectivity index (χ1n) is 8.87. The van der Waals surface area contributed by atoms with Crippen LogP contribution in [0.4, 0.5) is 10.3 Å². The van der Waals surface area contributed by atoms with Crippen LogP contribution in [-0.2, 0) is 13.0 Å². The van der Waals surface area contributed by atoms with Crippen LogP contribution in [0.15, 0.2) is 54.6 Å². The molecule has 5 nitrogen and oxygen atoms in total. The Morgan fingerprint density at radius 2 is 1.93 bits per heavy atom. The van der Waals surface area contributed by atoms with E-state index in [-0.39, 0.29) is 29.9 Å². The fourth-order valence-corrected chi connectivity index (χ4v) is 2.90. The van der Waals surface area contributed by atoms with E-state index in [2.05, 4.69) is 20.6 Å². The van der Waals surface area contributed by atoms with Gasteiger partial charge in [-0.2, -0.15) is 0 Å². The van der Waals surface area contributed by atoms with Gasteiger partial charge in [-0.05, 0) is 43.2 Å². The molecule has 0 saturated heterocycles. The first-order valence-corrected chi connectivity index (χ1v) is 9.24. The van der Waals surface area contributed by atoms with E-state index in [4.69, 9.17) is 11.6 Å². The third kappa shape index (κ3) is 5.50. The fourth-order valence-electron chi connectivity index (χ4n) is 2.68. The van der Waals surface area contributed by atoms with Gasteiger partial charge in [0.25, 0.3) is 5.91 Å². The van der Waals surface area contributed by atoms with Crippen molar-refractivity contribution in [1.29, 1.82) is 0 Å². The summed E-state index contributed by atoms with van der Waals surface area (Å²) in [7, 11) is 0. The van der Waals surface area contributed by atoms with E-state index in [0.717, 1.165) is 5.56 Å². The van der Waals surface area contributed by atoms with Gasteiger partial charge in [0, 0.05) is 29.4 Å². The van der Waals surface area contributed by atoms with Crippen molar-refractivity contribution in [3.8, 4) is 0 Å². The van der Waals surface area contributed by atoms with Crippen LogP contribution in [0.5, 0.6) is 0 Å². The summed E-state index contributed by atoms with van der Waals surface area (Å²) in [5.41, 5.74) is 2.44. The smallest absolute Gasteiger partial charge is 0.270 e. The highest BCUT2D eigenvalue weighted by atomic mass is 35.5. The van der Waals surface area contributed by atoms with Gasteiger partial charge in [-0.3, -0.25) is 4.79 Å². The Bertz CT molecular complexity index is 980. The number of nitrogens with zero attached hydrogens (tertiary/aromatic N) is 2. The lowest BCUT2D eigenvalue weighted by Gasteiger charge is -2.09. The zero-order valence-corrected chi connectivity index (χ0v) is 16.1. The molecule has 2 N–H and O–H groups in total. The number of nitrogens with one attached hydrogen (secondary N) is 2. The van der Waals surface area contributed by atoms with Crippen molar-refractivity contribution in [1.82, 2.24) is 15.3 Å². The van der Waals surface area contributed by atoms with Crippen molar-refractivity contribution >= 4 is 23.5 Å². The van der Waals surface area contributed by atoms with E-state index < -0.39 is 0 Å². The maximum absolute atomic E-state index is 13.7. The van der Waals surface area contributed by atoms with Gasteiger partial charge in [-0.15, -0.1) is 0 Å². The van der Waals surface area contributed by atoms with Crippen LogP contribution in [-0.4, -0.2) is 22.4 Å². The predicted molar refractivity (Wildman–Crippen MR) is 108 cm³/mol. The second-order valence-corrected chi connectivity index (χ2v) is 6.74. The Labute approximate surface area is 168 Å². The highest BCUT2D eigenvalue weighted by Crippen LogP contribution is 2.12. The van der Waals surface area contributed by atoms with Gasteiger partial charge >= 0.3 is 0 Å². The highest BCUT2D eigenvalue weighted by molar-refractivity contribution is 6.30. The van der Waals surface area contributed by atoms with Gasteiger partial charge in [-0.1, -0.05) is 41.9 Å². The number of rotatable bonds is 7. The third-order valence-electron chi connectivity index (χ3n) is 4.07. The Morgan fingerprint density at radius 1 is 1.11 bits per heavy atom. The van der Waals surface area contributed by atoms with Gasteiger partial charge in [-0.25, -0.2) is 14.4 Å². The number of hydrogen-bond donors (Lipinski definition) is 2. The molecule has 0 unspecified atom stereocenters. The summed E-state index contributed by atoms with van der Waals surface area (Å²) < 4.78 is 13.7. The number of carbonyl (C=O) groups excluding carboxylic acids is 1. The average molecular weight is 399 g/mol. The summed E-state index contributed by atoms with van der Waals surface area (Å²) in [6.07, 6.45) is 0.661. The van der Waals surface area contributed by atoms with E-state index in [1.54, 1.807) is 31.2 Å². The summed E-state index contributed by atoms with van der Waals surface area (Å²) in [6.45, 7) is 2.46. The number of amides is 1. The molecule has 0 bridgehead atoms. The highest BCUT2D eigenvalue weighted by Gasteiger charge is 2.11. The molecule has 1 aromatic heterocycles. The molecule has 144 valence electrons. The number of anilines is 1. The van der Waals surface area contributed by atoms with Gasteiger partial charge < -0.3 is 10.6 Å². The summed E-state index contributed by atoms with van der Waals surface area (Å²) in [5.74, 6) is -0.314. The molecule has 0 atom stereocenters. The monoisotopic (exact) mass is 398 g/mol. The minimum absolute atomic E-state index is 0.228. The lowest BCUT2D eigenvalue weighted by atomic mass is 10.1. The normalized spacial score (nSPS) is 10.5. The summed E-state index contributed by atoms with van der Waals surface area (Å²) in [4.78, 5) is 20.9. The zero-order chi connectivity index (χ0) is 19.9. The van der Waals surface area contributed by atoms with Crippen molar-refractivity contribution in [2.75, 3.05) is 11.9 Å². The fraction of sp³-hybridized carbons (Fsp3) is 0.190. The molecule has 0 aliphatic rings. The van der Waals surface area contributed by atoms with Crippen LogP contribution >= 0.6 is 11.6 Å². The molecule has 1 amide bonds. The number of halogens is 2. The van der Waals surface area contributed by atoms with Crippen LogP contribution in [0.25, 0.3) is 0 Å². The van der Waals surface area contributed by atoms with Gasteiger partial charge in [0.05, 0.1) is 0 Å². The summed E-state index contributed by atoms with van der Waals surface area (Å²) >= 11 is 5.97. The number of aromatic nitrogens is 2. The molecule has 1 heterocycles. The zero-order valence-electron chi connectivity index (χ0n) is 15.4. The topological polar surface area (TPSA) is 66.9 Å². The molecule has 2 aromatic carbocycles. The lowest BCUT2D eigenvalue weighted by molar-refractivity contribution is 0.0949. The average Bonchev–Trinajstić information content (AvgIpc) is 2.67. The first-order chi connectivity index (χ1) is 13.5. The second-order valence-electron chi connectivity index (χ2n) is 6.30. The molecule has 0 saturated carbocycles. The molecule has 0 aliphatic heterocycles. The van der Waals surface area contributed by atoms with Crippen LogP contribution in [0, 0.1) is 12.7 Å². The van der Waals surface area contributed by atoms with Gasteiger partial charge in [0.1, 0.15) is 11.5 Å². The van der Waals surface area contributed by atoms with Crippen molar-refractivity contribution in [3.63, 3.8) is 0 Å². The second kappa shape index (κ2) is 9.28. The number of carbonyl (C=O) groups is 1. The van der Waals surface area contributed by atoms with Crippen molar-refractivity contribution in [2.24, 2.45) is 0 Å². The molecule has 3 aromatic rings. The van der Waals surface area contributed by atoms with E-state index in [0.29, 0.717) is 29.2 Å². The molecule has 0 aliphatic carbocycles. The maximum atomic E-state index is 13.7. The molecule has 0 spiro atoms. The Morgan fingerprint density at radius 3 is 2.71 bits per heavy atom. The summed E-state index contributed by atoms with van der Waals surface area (Å²) in [6, 6.07) is 15.6. The molecule has 0 fully saturated rings. The Kier molecular flexibility index (Phi) is 6.55. The molecule has 7 heteroatoms. The molecule has 28 heavy (non-hydrogen) atoms. The van der Waals surface area contributed by atoms with E-state index in [1.165, 1.54) is 6.07 Å². The Balaban J connectivity index is 1.60. The lowest BCUT2D eigenvalue weighted by Crippen LogP contribution is -2.27. The minimum Gasteiger partial charge on any atom is -0.350 e. The third-order valence-corrected chi connectivity index (χ3v) is 4.31. The standard InChI is InChI=1S/C21H20ClFN4O/c1-14-11-19(20(28)24-10-9-15-5-4-7-17(22)12-15)27-21(26-14)25-13-16-6-2-3-8-18(16)23/h2-8,11-12H,9-10,13H2,1H3,(H,24,28)(H,25,26,27). The first kappa shape index (κ1) is 19.8. The molecular weight excluding hydrogens is 379 g/mol. The molecular formula is C21H20ClFN4O. The summed E-state index contributed by atoms with van der Waals surface area (Å²) in [5, 5.41) is 6.48. The predicted octanol–water partition coefficient (Wildman–Crippen LogP) is 4.16.